The second-order valence-corrected chi connectivity index (χ2v) is 6.91. The minimum Gasteiger partial charge on any atom is -0.454 e. The highest BCUT2D eigenvalue weighted by Gasteiger charge is 2.20. The van der Waals surface area contributed by atoms with E-state index < -0.39 is 0 Å². The van der Waals surface area contributed by atoms with Gasteiger partial charge in [0, 0.05) is 18.6 Å². The van der Waals surface area contributed by atoms with Crippen molar-refractivity contribution in [3.63, 3.8) is 0 Å². The minimum absolute atomic E-state index is 0.0303. The molecule has 0 aliphatic carbocycles. The molecule has 21 heavy (non-hydrogen) atoms. The maximum absolute atomic E-state index is 12.1. The summed E-state index contributed by atoms with van der Waals surface area (Å²) >= 11 is 0. The van der Waals surface area contributed by atoms with Crippen molar-refractivity contribution in [3.8, 4) is 11.5 Å². The molecule has 5 nitrogen and oxygen atoms in total. The molecule has 1 aliphatic heterocycles. The van der Waals surface area contributed by atoms with Gasteiger partial charge in [-0.3, -0.25) is 4.79 Å². The minimum atomic E-state index is -0.0303. The van der Waals surface area contributed by atoms with Gasteiger partial charge >= 0.3 is 0 Å². The molecule has 1 aliphatic rings. The summed E-state index contributed by atoms with van der Waals surface area (Å²) in [5.41, 5.74) is 7.20. The van der Waals surface area contributed by atoms with E-state index >= 15 is 0 Å². The van der Waals surface area contributed by atoms with E-state index in [0.717, 1.165) is 6.42 Å². The highest BCUT2D eigenvalue weighted by Crippen LogP contribution is 2.38. The molecule has 0 saturated heterocycles. The van der Waals surface area contributed by atoms with Gasteiger partial charge in [-0.15, -0.1) is 0 Å². The fourth-order valence-corrected chi connectivity index (χ4v) is 2.70. The van der Waals surface area contributed by atoms with Gasteiger partial charge in [0.25, 0.3) is 0 Å². The van der Waals surface area contributed by atoms with Crippen molar-refractivity contribution >= 4 is 17.3 Å². The molecule has 5 heteroatoms. The van der Waals surface area contributed by atoms with Gasteiger partial charge in [0.05, 0.1) is 11.4 Å². The third kappa shape index (κ3) is 4.28. The van der Waals surface area contributed by atoms with Crippen molar-refractivity contribution in [3.05, 3.63) is 12.1 Å². The quantitative estimate of drug-likeness (QED) is 0.834. The Labute approximate surface area is 125 Å². The molecule has 1 heterocycles. The van der Waals surface area contributed by atoms with Crippen LogP contribution in [0.5, 0.6) is 11.5 Å². The average molecular weight is 292 g/mol. The number of ether oxygens (including phenoxy) is 2. The van der Waals surface area contributed by atoms with Gasteiger partial charge < -0.3 is 20.5 Å². The van der Waals surface area contributed by atoms with Crippen LogP contribution in [0.2, 0.25) is 0 Å². The highest BCUT2D eigenvalue weighted by molar-refractivity contribution is 5.94. The summed E-state index contributed by atoms with van der Waals surface area (Å²) in [7, 11) is 0. The van der Waals surface area contributed by atoms with E-state index in [1.54, 1.807) is 12.1 Å². The Hall–Kier alpha value is -1.91. The standard InChI is InChI=1S/C16H24N2O3/c1-10(8-16(2,3)4)5-15(19)18-12-7-14-13(6-11(12)17)20-9-21-14/h6-7,10H,5,8-9,17H2,1-4H3,(H,18,19). The summed E-state index contributed by atoms with van der Waals surface area (Å²) in [5, 5.41) is 2.86. The van der Waals surface area contributed by atoms with E-state index in [9.17, 15) is 4.79 Å². The maximum Gasteiger partial charge on any atom is 0.231 e. The molecule has 116 valence electrons. The van der Waals surface area contributed by atoms with E-state index in [-0.39, 0.29) is 18.1 Å². The van der Waals surface area contributed by atoms with Crippen LogP contribution in [0.1, 0.15) is 40.5 Å². The topological polar surface area (TPSA) is 73.6 Å². The fraction of sp³-hybridized carbons (Fsp3) is 0.562. The lowest BCUT2D eigenvalue weighted by molar-refractivity contribution is -0.117. The Morgan fingerprint density at radius 3 is 2.57 bits per heavy atom. The first-order valence-corrected chi connectivity index (χ1v) is 7.23. The number of rotatable bonds is 4. The first-order chi connectivity index (χ1) is 9.74. The summed E-state index contributed by atoms with van der Waals surface area (Å²) in [5.74, 6) is 1.52. The monoisotopic (exact) mass is 292 g/mol. The number of hydrogen-bond donors (Lipinski definition) is 2. The zero-order valence-electron chi connectivity index (χ0n) is 13.2. The molecular formula is C16H24N2O3. The van der Waals surface area contributed by atoms with E-state index in [4.69, 9.17) is 15.2 Å². The van der Waals surface area contributed by atoms with Gasteiger partial charge in [-0.2, -0.15) is 0 Å². The van der Waals surface area contributed by atoms with Crippen LogP contribution in [0.15, 0.2) is 12.1 Å². The van der Waals surface area contributed by atoms with E-state index in [2.05, 4.69) is 33.0 Å². The molecule has 1 aromatic carbocycles. The van der Waals surface area contributed by atoms with Crippen molar-refractivity contribution < 1.29 is 14.3 Å². The largest absolute Gasteiger partial charge is 0.454 e. The highest BCUT2D eigenvalue weighted by atomic mass is 16.7. The number of fused-ring (bicyclic) bond motifs is 1. The lowest BCUT2D eigenvalue weighted by Crippen LogP contribution is -2.19. The molecule has 3 N–H and O–H groups in total. The van der Waals surface area contributed by atoms with Crippen LogP contribution in [0, 0.1) is 11.3 Å². The lowest BCUT2D eigenvalue weighted by atomic mass is 9.84. The van der Waals surface area contributed by atoms with Crippen LogP contribution in [-0.4, -0.2) is 12.7 Å². The molecule has 0 aromatic heterocycles. The Morgan fingerprint density at radius 1 is 1.33 bits per heavy atom. The van der Waals surface area contributed by atoms with Gasteiger partial charge in [0.15, 0.2) is 11.5 Å². The van der Waals surface area contributed by atoms with Crippen molar-refractivity contribution in [2.45, 2.75) is 40.5 Å². The Kier molecular flexibility index (Phi) is 4.30. The van der Waals surface area contributed by atoms with Crippen LogP contribution in [0.4, 0.5) is 11.4 Å². The molecule has 0 spiro atoms. The van der Waals surface area contributed by atoms with E-state index in [0.29, 0.717) is 35.2 Å². The fourth-order valence-electron chi connectivity index (χ4n) is 2.70. The zero-order valence-corrected chi connectivity index (χ0v) is 13.2. The van der Waals surface area contributed by atoms with E-state index in [1.165, 1.54) is 0 Å². The van der Waals surface area contributed by atoms with Gasteiger partial charge in [0.2, 0.25) is 12.7 Å². The molecule has 1 unspecified atom stereocenters. The first kappa shape index (κ1) is 15.5. The van der Waals surface area contributed by atoms with Crippen LogP contribution >= 0.6 is 0 Å². The predicted molar refractivity (Wildman–Crippen MR) is 83.5 cm³/mol. The molecule has 0 saturated carbocycles. The number of amides is 1. The van der Waals surface area contributed by atoms with Crippen LogP contribution < -0.4 is 20.5 Å². The smallest absolute Gasteiger partial charge is 0.231 e. The first-order valence-electron chi connectivity index (χ1n) is 7.23. The van der Waals surface area contributed by atoms with Gasteiger partial charge in [-0.25, -0.2) is 0 Å². The summed E-state index contributed by atoms with van der Waals surface area (Å²) < 4.78 is 10.5. The number of hydrogen-bond acceptors (Lipinski definition) is 4. The number of carbonyl (C=O) groups is 1. The lowest BCUT2D eigenvalue weighted by Gasteiger charge is -2.22. The van der Waals surface area contributed by atoms with Crippen LogP contribution in [0.3, 0.4) is 0 Å². The summed E-state index contributed by atoms with van der Waals surface area (Å²) in [4.78, 5) is 12.1. The molecule has 1 atom stereocenters. The molecule has 1 aromatic rings. The van der Waals surface area contributed by atoms with E-state index in [1.807, 2.05) is 0 Å². The third-order valence-electron chi connectivity index (χ3n) is 3.31. The van der Waals surface area contributed by atoms with Crippen molar-refractivity contribution in [1.29, 1.82) is 0 Å². The Balaban J connectivity index is 1.97. The second-order valence-electron chi connectivity index (χ2n) is 6.91. The Morgan fingerprint density at radius 2 is 1.95 bits per heavy atom. The molecule has 0 radical (unpaired) electrons. The number of benzene rings is 1. The maximum atomic E-state index is 12.1. The second kappa shape index (κ2) is 5.84. The molecule has 0 bridgehead atoms. The number of nitrogen functional groups attached to an aromatic ring is 1. The van der Waals surface area contributed by atoms with Crippen LogP contribution in [0.25, 0.3) is 0 Å². The average Bonchev–Trinajstić information content (AvgIpc) is 2.73. The van der Waals surface area contributed by atoms with Crippen LogP contribution in [-0.2, 0) is 4.79 Å². The van der Waals surface area contributed by atoms with Crippen molar-refractivity contribution in [2.24, 2.45) is 11.3 Å². The SMILES string of the molecule is CC(CC(=O)Nc1cc2c(cc1N)OCO2)CC(C)(C)C. The molecule has 1 amide bonds. The summed E-state index contributed by atoms with van der Waals surface area (Å²) in [6, 6.07) is 3.39. The van der Waals surface area contributed by atoms with Crippen molar-refractivity contribution in [2.75, 3.05) is 17.8 Å². The van der Waals surface area contributed by atoms with Gasteiger partial charge in [-0.1, -0.05) is 27.7 Å². The van der Waals surface area contributed by atoms with Gasteiger partial charge in [-0.05, 0) is 17.8 Å². The number of nitrogens with two attached hydrogens (primary N) is 1. The molecule has 2 rings (SSSR count). The Bertz CT molecular complexity index is 535. The van der Waals surface area contributed by atoms with Gasteiger partial charge in [0.1, 0.15) is 0 Å². The third-order valence-corrected chi connectivity index (χ3v) is 3.31. The predicted octanol–water partition coefficient (Wildman–Crippen LogP) is 3.40. The normalized spacial score (nSPS) is 14.9. The zero-order chi connectivity index (χ0) is 15.6. The number of carbonyl (C=O) groups excluding carboxylic acids is 1. The molecular weight excluding hydrogens is 268 g/mol. The van der Waals surface area contributed by atoms with Crippen molar-refractivity contribution in [1.82, 2.24) is 0 Å². The number of anilines is 2. The number of nitrogens with one attached hydrogen (secondary N) is 1. The molecule has 0 fully saturated rings. The summed E-state index contributed by atoms with van der Waals surface area (Å²) in [6.07, 6.45) is 1.47. The summed E-state index contributed by atoms with van der Waals surface area (Å²) in [6.45, 7) is 8.81.